The van der Waals surface area contributed by atoms with Crippen molar-refractivity contribution in [2.45, 2.75) is 77.6 Å². The van der Waals surface area contributed by atoms with Crippen LogP contribution in [0.25, 0.3) is 0 Å². The molecule has 0 atom stereocenters. The van der Waals surface area contributed by atoms with Crippen LogP contribution in [0.2, 0.25) is 0 Å². The highest BCUT2D eigenvalue weighted by Gasteiger charge is 1.96. The van der Waals surface area contributed by atoms with Crippen molar-refractivity contribution in [3.8, 4) is 0 Å². The lowest BCUT2D eigenvalue weighted by molar-refractivity contribution is -0.136. The molecule has 0 aliphatic heterocycles. The summed E-state index contributed by atoms with van der Waals surface area (Å²) in [5.74, 6) is 1.14. The maximum absolute atomic E-state index is 10.4. The Morgan fingerprint density at radius 3 is 1.96 bits per heavy atom. The molecule has 0 aromatic carbocycles. The molecule has 0 aromatic heterocycles. The summed E-state index contributed by atoms with van der Waals surface area (Å²) in [6.07, 6.45) is 26.0. The highest BCUT2D eigenvalue weighted by Crippen LogP contribution is 2.09. The van der Waals surface area contributed by atoms with Crippen LogP contribution >= 0.6 is 11.8 Å². The molecule has 1 N–H and O–H groups in total. The first kappa shape index (κ1) is 23.0. The van der Waals surface area contributed by atoms with Gasteiger partial charge >= 0.3 is 5.97 Å². The molecule has 0 fully saturated rings. The van der Waals surface area contributed by atoms with Gasteiger partial charge in [-0.15, -0.1) is 0 Å². The van der Waals surface area contributed by atoms with E-state index in [-0.39, 0.29) is 6.42 Å². The number of thioether (sulfide) groups is 1. The van der Waals surface area contributed by atoms with Gasteiger partial charge in [-0.2, -0.15) is 11.8 Å². The lowest BCUT2D eigenvalue weighted by atomic mass is 10.2. The molecule has 24 heavy (non-hydrogen) atoms. The summed E-state index contributed by atoms with van der Waals surface area (Å²) in [4.78, 5) is 10.4. The number of hydrogen-bond acceptors (Lipinski definition) is 2. The van der Waals surface area contributed by atoms with Crippen LogP contribution in [0.4, 0.5) is 0 Å². The average Bonchev–Trinajstić information content (AvgIpc) is 2.56. The van der Waals surface area contributed by atoms with Crippen LogP contribution in [-0.2, 0) is 4.79 Å². The standard InChI is InChI=1S/C21H36O2S/c1-2-3-4-5-6-7-8-9-10-11-12-13-14-15-16-17-19-24-20-18-21(22)23/h6-7,9-10,12-13H,2-5,8,11,14-20H2,1H3,(H,22,23). The van der Waals surface area contributed by atoms with E-state index in [9.17, 15) is 4.79 Å². The number of hydrogen-bond donors (Lipinski definition) is 1. The van der Waals surface area contributed by atoms with E-state index in [0.717, 1.165) is 30.8 Å². The Bertz CT molecular complexity index is 359. The number of unbranched alkanes of at least 4 members (excludes halogenated alkanes) is 6. The van der Waals surface area contributed by atoms with Crippen LogP contribution in [0.5, 0.6) is 0 Å². The van der Waals surface area contributed by atoms with E-state index in [1.165, 1.54) is 44.9 Å². The van der Waals surface area contributed by atoms with E-state index >= 15 is 0 Å². The van der Waals surface area contributed by atoms with Gasteiger partial charge in [0.15, 0.2) is 0 Å². The van der Waals surface area contributed by atoms with Crippen molar-refractivity contribution in [1.82, 2.24) is 0 Å². The molecule has 2 nitrogen and oxygen atoms in total. The SMILES string of the molecule is CCCCCC=CCC=CCC=CCCCCCSCCC(=O)O. The Balaban J connectivity index is 3.26. The maximum atomic E-state index is 10.4. The summed E-state index contributed by atoms with van der Waals surface area (Å²) in [5, 5.41) is 8.53. The van der Waals surface area contributed by atoms with Crippen molar-refractivity contribution in [2.24, 2.45) is 0 Å². The Morgan fingerprint density at radius 1 is 0.792 bits per heavy atom. The molecule has 0 amide bonds. The van der Waals surface area contributed by atoms with E-state index in [2.05, 4.69) is 43.4 Å². The maximum Gasteiger partial charge on any atom is 0.304 e. The Kier molecular flexibility index (Phi) is 19.3. The number of carboxylic acid groups (broad SMARTS) is 1. The average molecular weight is 353 g/mol. The third-order valence-corrected chi connectivity index (χ3v) is 4.71. The summed E-state index contributed by atoms with van der Waals surface area (Å²) in [6, 6.07) is 0. The minimum atomic E-state index is -0.690. The third kappa shape index (κ3) is 21.0. The second-order valence-corrected chi connectivity index (χ2v) is 7.21. The van der Waals surface area contributed by atoms with E-state index in [4.69, 9.17) is 5.11 Å². The predicted molar refractivity (Wildman–Crippen MR) is 109 cm³/mol. The number of allylic oxidation sites excluding steroid dienone is 6. The smallest absolute Gasteiger partial charge is 0.304 e. The molecule has 3 heteroatoms. The van der Waals surface area contributed by atoms with Crippen LogP contribution in [-0.4, -0.2) is 22.6 Å². The molecular weight excluding hydrogens is 316 g/mol. The zero-order chi connectivity index (χ0) is 17.7. The van der Waals surface area contributed by atoms with E-state index in [1.54, 1.807) is 11.8 Å². The van der Waals surface area contributed by atoms with Gasteiger partial charge in [0.1, 0.15) is 0 Å². The monoisotopic (exact) mass is 352 g/mol. The van der Waals surface area contributed by atoms with Gasteiger partial charge in [-0.05, 0) is 50.7 Å². The second kappa shape index (κ2) is 20.1. The summed E-state index contributed by atoms with van der Waals surface area (Å²) in [5.41, 5.74) is 0. The first-order valence-electron chi connectivity index (χ1n) is 9.52. The minimum Gasteiger partial charge on any atom is -0.481 e. The van der Waals surface area contributed by atoms with Crippen LogP contribution in [0, 0.1) is 0 Å². The normalized spacial score (nSPS) is 12.0. The van der Waals surface area contributed by atoms with Gasteiger partial charge in [0.05, 0.1) is 6.42 Å². The molecule has 0 heterocycles. The van der Waals surface area contributed by atoms with Crippen LogP contribution < -0.4 is 0 Å². The summed E-state index contributed by atoms with van der Waals surface area (Å²) in [7, 11) is 0. The zero-order valence-electron chi connectivity index (χ0n) is 15.4. The molecule has 0 aliphatic rings. The second-order valence-electron chi connectivity index (χ2n) is 5.99. The fourth-order valence-electron chi connectivity index (χ4n) is 2.19. The molecule has 0 saturated carbocycles. The summed E-state index contributed by atoms with van der Waals surface area (Å²) >= 11 is 1.75. The van der Waals surface area contributed by atoms with E-state index < -0.39 is 5.97 Å². The minimum absolute atomic E-state index is 0.287. The molecule has 0 radical (unpaired) electrons. The van der Waals surface area contributed by atoms with Crippen LogP contribution in [0.3, 0.4) is 0 Å². The largest absolute Gasteiger partial charge is 0.481 e. The molecule has 0 rings (SSSR count). The number of aliphatic carboxylic acids is 1. The topological polar surface area (TPSA) is 37.3 Å². The highest BCUT2D eigenvalue weighted by atomic mass is 32.2. The molecule has 0 aliphatic carbocycles. The zero-order valence-corrected chi connectivity index (χ0v) is 16.2. The predicted octanol–water partition coefficient (Wildman–Crippen LogP) is 6.78. The molecule has 0 aromatic rings. The van der Waals surface area contributed by atoms with E-state index in [0.29, 0.717) is 0 Å². The number of rotatable bonds is 17. The Hall–Kier alpha value is -0.960. The molecule has 138 valence electrons. The van der Waals surface area contributed by atoms with Gasteiger partial charge in [-0.3, -0.25) is 4.79 Å². The summed E-state index contributed by atoms with van der Waals surface area (Å²) < 4.78 is 0. The van der Waals surface area contributed by atoms with E-state index in [1.807, 2.05) is 0 Å². The quantitative estimate of drug-likeness (QED) is 0.231. The summed E-state index contributed by atoms with van der Waals surface area (Å²) in [6.45, 7) is 2.24. The molecule has 0 unspecified atom stereocenters. The van der Waals surface area contributed by atoms with Gasteiger partial charge in [-0.25, -0.2) is 0 Å². The Morgan fingerprint density at radius 2 is 1.38 bits per heavy atom. The van der Waals surface area contributed by atoms with Gasteiger partial charge in [-0.1, -0.05) is 62.6 Å². The molecule has 0 saturated heterocycles. The number of carbonyl (C=O) groups is 1. The van der Waals surface area contributed by atoms with Crippen LogP contribution in [0.1, 0.15) is 77.6 Å². The number of carboxylic acids is 1. The highest BCUT2D eigenvalue weighted by molar-refractivity contribution is 7.99. The van der Waals surface area contributed by atoms with Crippen molar-refractivity contribution in [1.29, 1.82) is 0 Å². The molecule has 0 spiro atoms. The fourth-order valence-corrected chi connectivity index (χ4v) is 3.13. The third-order valence-electron chi connectivity index (χ3n) is 3.64. The lowest BCUT2D eigenvalue weighted by Crippen LogP contribution is -1.96. The van der Waals surface area contributed by atoms with Crippen LogP contribution in [0.15, 0.2) is 36.5 Å². The van der Waals surface area contributed by atoms with Gasteiger partial charge in [0.25, 0.3) is 0 Å². The van der Waals surface area contributed by atoms with Crippen molar-refractivity contribution < 1.29 is 9.90 Å². The Labute approximate surface area is 153 Å². The van der Waals surface area contributed by atoms with Gasteiger partial charge < -0.3 is 5.11 Å². The van der Waals surface area contributed by atoms with Crippen molar-refractivity contribution in [2.75, 3.05) is 11.5 Å². The van der Waals surface area contributed by atoms with Crippen molar-refractivity contribution >= 4 is 17.7 Å². The van der Waals surface area contributed by atoms with Gasteiger partial charge in [0.2, 0.25) is 0 Å². The first-order chi connectivity index (χ1) is 11.8. The molecule has 0 bridgehead atoms. The van der Waals surface area contributed by atoms with Crippen molar-refractivity contribution in [3.63, 3.8) is 0 Å². The van der Waals surface area contributed by atoms with Crippen molar-refractivity contribution in [3.05, 3.63) is 36.5 Å². The first-order valence-corrected chi connectivity index (χ1v) is 10.7. The van der Waals surface area contributed by atoms with Gasteiger partial charge in [0, 0.05) is 5.75 Å². The molecular formula is C21H36O2S. The fraction of sp³-hybridized carbons (Fsp3) is 0.667. The lowest BCUT2D eigenvalue weighted by Gasteiger charge is -1.99.